The van der Waals surface area contributed by atoms with Crippen LogP contribution < -0.4 is 11.1 Å². The molecule has 1 aliphatic rings. The van der Waals surface area contributed by atoms with E-state index in [0.717, 1.165) is 13.1 Å². The Balaban J connectivity index is 2.04. The summed E-state index contributed by atoms with van der Waals surface area (Å²) in [6, 6.07) is 4.44. The number of hydrogen-bond donors (Lipinski definition) is 2. The van der Waals surface area contributed by atoms with Crippen LogP contribution in [0.2, 0.25) is 0 Å². The molecule has 2 nitrogen and oxygen atoms in total. The van der Waals surface area contributed by atoms with Crippen LogP contribution in [0.3, 0.4) is 0 Å². The van der Waals surface area contributed by atoms with Crippen LogP contribution in [-0.2, 0) is 0 Å². The van der Waals surface area contributed by atoms with E-state index in [-0.39, 0.29) is 6.04 Å². The summed E-state index contributed by atoms with van der Waals surface area (Å²) >= 11 is 1.76. The minimum atomic E-state index is 0.260. The molecule has 0 radical (unpaired) electrons. The normalized spacial score (nSPS) is 21.2. The molecular weight excluding hydrogens is 156 g/mol. The molecule has 2 rings (SSSR count). The maximum absolute atomic E-state index is 6.02. The second-order valence-electron chi connectivity index (χ2n) is 2.96. The minimum absolute atomic E-state index is 0.260. The first-order chi connectivity index (χ1) is 5.38. The lowest BCUT2D eigenvalue weighted by atomic mass is 9.94. The van der Waals surface area contributed by atoms with Gasteiger partial charge in [0.2, 0.25) is 0 Å². The van der Waals surface area contributed by atoms with E-state index in [4.69, 9.17) is 5.73 Å². The molecule has 0 spiro atoms. The molecule has 1 atom stereocenters. The highest BCUT2D eigenvalue weighted by molar-refractivity contribution is 7.10. The molecule has 0 saturated carbocycles. The Morgan fingerprint density at radius 3 is 2.91 bits per heavy atom. The van der Waals surface area contributed by atoms with Gasteiger partial charge >= 0.3 is 0 Å². The molecule has 1 aromatic heterocycles. The van der Waals surface area contributed by atoms with E-state index in [1.54, 1.807) is 11.3 Å². The Morgan fingerprint density at radius 2 is 2.45 bits per heavy atom. The van der Waals surface area contributed by atoms with Crippen molar-refractivity contribution in [3.8, 4) is 0 Å². The van der Waals surface area contributed by atoms with Crippen molar-refractivity contribution in [3.63, 3.8) is 0 Å². The summed E-state index contributed by atoms with van der Waals surface area (Å²) < 4.78 is 0. The van der Waals surface area contributed by atoms with Gasteiger partial charge in [-0.2, -0.15) is 0 Å². The molecule has 2 heterocycles. The van der Waals surface area contributed by atoms with Gasteiger partial charge in [0.1, 0.15) is 0 Å². The van der Waals surface area contributed by atoms with Crippen LogP contribution in [0.25, 0.3) is 0 Å². The number of thiophene rings is 1. The fourth-order valence-corrected chi connectivity index (χ4v) is 2.10. The van der Waals surface area contributed by atoms with Gasteiger partial charge in [-0.25, -0.2) is 0 Å². The van der Waals surface area contributed by atoms with E-state index in [2.05, 4.69) is 22.8 Å². The Hall–Kier alpha value is -0.380. The second kappa shape index (κ2) is 2.93. The molecule has 3 heteroatoms. The molecule has 0 amide bonds. The third-order valence-corrected chi connectivity index (χ3v) is 3.17. The third-order valence-electron chi connectivity index (χ3n) is 2.19. The smallest absolute Gasteiger partial charge is 0.0442 e. The molecule has 0 aromatic carbocycles. The molecule has 11 heavy (non-hydrogen) atoms. The van der Waals surface area contributed by atoms with E-state index in [0.29, 0.717) is 5.92 Å². The topological polar surface area (TPSA) is 38.0 Å². The average Bonchev–Trinajstić information content (AvgIpc) is 2.32. The van der Waals surface area contributed by atoms with Crippen LogP contribution >= 0.6 is 11.3 Å². The maximum Gasteiger partial charge on any atom is 0.0442 e. The number of nitrogens with two attached hydrogens (primary N) is 1. The quantitative estimate of drug-likeness (QED) is 0.690. The van der Waals surface area contributed by atoms with E-state index in [1.807, 2.05) is 0 Å². The molecular formula is C8H12N2S. The standard InChI is InChI=1S/C8H12N2S/c9-8(6-4-10-5-6)7-2-1-3-11-7/h1-3,6,8,10H,4-5,9H2. The lowest BCUT2D eigenvalue weighted by Crippen LogP contribution is -2.47. The summed E-state index contributed by atoms with van der Waals surface area (Å²) in [7, 11) is 0. The van der Waals surface area contributed by atoms with Crippen molar-refractivity contribution in [2.75, 3.05) is 13.1 Å². The van der Waals surface area contributed by atoms with Crippen molar-refractivity contribution in [3.05, 3.63) is 22.4 Å². The van der Waals surface area contributed by atoms with Gasteiger partial charge in [-0.05, 0) is 11.4 Å². The van der Waals surface area contributed by atoms with Gasteiger partial charge in [0.25, 0.3) is 0 Å². The summed E-state index contributed by atoms with van der Waals surface area (Å²) in [5, 5.41) is 5.31. The zero-order valence-electron chi connectivity index (χ0n) is 6.29. The predicted molar refractivity (Wildman–Crippen MR) is 47.6 cm³/mol. The molecule has 1 saturated heterocycles. The van der Waals surface area contributed by atoms with E-state index >= 15 is 0 Å². The summed E-state index contributed by atoms with van der Waals surface area (Å²) in [5.74, 6) is 0.661. The second-order valence-corrected chi connectivity index (χ2v) is 3.94. The lowest BCUT2D eigenvalue weighted by Gasteiger charge is -2.31. The number of nitrogens with one attached hydrogen (secondary N) is 1. The van der Waals surface area contributed by atoms with Crippen LogP contribution in [0.5, 0.6) is 0 Å². The van der Waals surface area contributed by atoms with Gasteiger partial charge in [-0.3, -0.25) is 0 Å². The van der Waals surface area contributed by atoms with Crippen LogP contribution in [-0.4, -0.2) is 13.1 Å². The molecule has 0 aliphatic carbocycles. The Labute approximate surface area is 70.4 Å². The molecule has 1 unspecified atom stereocenters. The van der Waals surface area contributed by atoms with Crippen LogP contribution in [0.1, 0.15) is 10.9 Å². The minimum Gasteiger partial charge on any atom is -0.323 e. The highest BCUT2D eigenvalue weighted by Crippen LogP contribution is 2.25. The predicted octanol–water partition coefficient (Wildman–Crippen LogP) is 0.967. The molecule has 3 N–H and O–H groups in total. The van der Waals surface area contributed by atoms with Crippen molar-refractivity contribution in [1.82, 2.24) is 5.32 Å². The largest absolute Gasteiger partial charge is 0.323 e. The first-order valence-corrected chi connectivity index (χ1v) is 4.75. The Bertz CT molecular complexity index is 216. The highest BCUT2D eigenvalue weighted by atomic mass is 32.1. The van der Waals surface area contributed by atoms with Gasteiger partial charge in [0.05, 0.1) is 0 Å². The maximum atomic E-state index is 6.02. The molecule has 1 aromatic rings. The zero-order chi connectivity index (χ0) is 7.68. The fourth-order valence-electron chi connectivity index (χ4n) is 1.28. The zero-order valence-corrected chi connectivity index (χ0v) is 7.10. The van der Waals surface area contributed by atoms with Gasteiger partial charge in [0, 0.05) is 29.9 Å². The van der Waals surface area contributed by atoms with Crippen LogP contribution in [0.15, 0.2) is 17.5 Å². The monoisotopic (exact) mass is 168 g/mol. The summed E-state index contributed by atoms with van der Waals surface area (Å²) in [6.07, 6.45) is 0. The molecule has 0 bridgehead atoms. The Kier molecular flexibility index (Phi) is 1.94. The summed E-state index contributed by atoms with van der Waals surface area (Å²) in [5.41, 5.74) is 6.02. The third kappa shape index (κ3) is 1.31. The summed E-state index contributed by atoms with van der Waals surface area (Å²) in [4.78, 5) is 1.32. The highest BCUT2D eigenvalue weighted by Gasteiger charge is 2.25. The molecule has 1 aliphatic heterocycles. The van der Waals surface area contributed by atoms with E-state index in [9.17, 15) is 0 Å². The molecule has 1 fully saturated rings. The first kappa shape index (κ1) is 7.28. The van der Waals surface area contributed by atoms with Gasteiger partial charge < -0.3 is 11.1 Å². The fraction of sp³-hybridized carbons (Fsp3) is 0.500. The lowest BCUT2D eigenvalue weighted by molar-refractivity contribution is 0.297. The van der Waals surface area contributed by atoms with Crippen molar-refractivity contribution in [1.29, 1.82) is 0 Å². The van der Waals surface area contributed by atoms with Gasteiger partial charge in [-0.15, -0.1) is 11.3 Å². The van der Waals surface area contributed by atoms with Crippen LogP contribution in [0, 0.1) is 5.92 Å². The average molecular weight is 168 g/mol. The SMILES string of the molecule is NC(c1cccs1)C1CNC1. The number of hydrogen-bond acceptors (Lipinski definition) is 3. The van der Waals surface area contributed by atoms with Crippen molar-refractivity contribution in [2.45, 2.75) is 6.04 Å². The van der Waals surface area contributed by atoms with Gasteiger partial charge in [0.15, 0.2) is 0 Å². The van der Waals surface area contributed by atoms with Crippen molar-refractivity contribution in [2.24, 2.45) is 11.7 Å². The van der Waals surface area contributed by atoms with Crippen molar-refractivity contribution < 1.29 is 0 Å². The van der Waals surface area contributed by atoms with Gasteiger partial charge in [-0.1, -0.05) is 6.07 Å². The first-order valence-electron chi connectivity index (χ1n) is 3.87. The van der Waals surface area contributed by atoms with E-state index in [1.165, 1.54) is 4.88 Å². The van der Waals surface area contributed by atoms with Crippen LogP contribution in [0.4, 0.5) is 0 Å². The Morgan fingerprint density at radius 1 is 1.64 bits per heavy atom. The summed E-state index contributed by atoms with van der Waals surface area (Å²) in [6.45, 7) is 2.16. The number of rotatable bonds is 2. The molecule has 60 valence electrons. The van der Waals surface area contributed by atoms with E-state index < -0.39 is 0 Å². The van der Waals surface area contributed by atoms with Crippen molar-refractivity contribution >= 4 is 11.3 Å².